The van der Waals surface area contributed by atoms with Gasteiger partial charge in [-0.25, -0.2) is 4.79 Å². The predicted octanol–water partition coefficient (Wildman–Crippen LogP) is 4.77. The third-order valence-electron chi connectivity index (χ3n) is 4.87. The number of carbonyl (C=O) groups is 1. The molecule has 3 rings (SSSR count). The Morgan fingerprint density at radius 1 is 1.12 bits per heavy atom. The Morgan fingerprint density at radius 2 is 1.79 bits per heavy atom. The van der Waals surface area contributed by atoms with Gasteiger partial charge in [-0.3, -0.25) is 4.98 Å². The summed E-state index contributed by atoms with van der Waals surface area (Å²) in [5, 5.41) is 2.93. The van der Waals surface area contributed by atoms with Crippen molar-refractivity contribution in [2.24, 2.45) is 5.73 Å². The maximum absolute atomic E-state index is 12.1. The highest BCUT2D eigenvalue weighted by Crippen LogP contribution is 2.37. The number of halogens is 6. The molecule has 182 valence electrons. The van der Waals surface area contributed by atoms with Gasteiger partial charge in [0, 0.05) is 43.0 Å². The normalized spacial score (nSPS) is 15.0. The molecule has 1 aromatic carbocycles. The zero-order chi connectivity index (χ0) is 24.6. The predicted molar refractivity (Wildman–Crippen MR) is 114 cm³/mol. The molecule has 0 radical (unpaired) electrons. The molecule has 0 bridgehead atoms. The van der Waals surface area contributed by atoms with Crippen LogP contribution in [0.4, 0.5) is 31.1 Å². The van der Waals surface area contributed by atoms with E-state index < -0.39 is 28.4 Å². The molecule has 2 amide bonds. The lowest BCUT2D eigenvalue weighted by molar-refractivity contribution is -0.143. The third-order valence-corrected chi connectivity index (χ3v) is 5.24. The number of nitrogens with two attached hydrogens (primary N) is 1. The zero-order valence-corrected chi connectivity index (χ0v) is 18.4. The molecule has 1 aromatic heterocycles. The maximum Gasteiger partial charge on any atom is 0.417 e. The van der Waals surface area contributed by atoms with Crippen LogP contribution in [0.5, 0.6) is 0 Å². The Labute approximate surface area is 192 Å². The van der Waals surface area contributed by atoms with Crippen molar-refractivity contribution in [1.82, 2.24) is 15.2 Å². The van der Waals surface area contributed by atoms with E-state index in [0.717, 1.165) is 37.9 Å². The van der Waals surface area contributed by atoms with Crippen LogP contribution in [0.1, 0.15) is 29.5 Å². The van der Waals surface area contributed by atoms with Gasteiger partial charge < -0.3 is 16.0 Å². The largest absolute Gasteiger partial charge is 0.417 e. The van der Waals surface area contributed by atoms with Gasteiger partial charge in [-0.1, -0.05) is 6.07 Å². The van der Waals surface area contributed by atoms with Gasteiger partial charge in [0.1, 0.15) is 0 Å². The molecule has 2 aromatic rings. The molecule has 3 N–H and O–H groups in total. The number of thiol groups is 1. The topological polar surface area (TPSA) is 71.2 Å². The number of carbonyl (C=O) groups excluding carboxylic acids is 1. The van der Waals surface area contributed by atoms with Crippen LogP contribution >= 0.6 is 12.6 Å². The van der Waals surface area contributed by atoms with Gasteiger partial charge in [-0.2, -0.15) is 26.3 Å². The van der Waals surface area contributed by atoms with Crippen LogP contribution in [0.2, 0.25) is 0 Å². The zero-order valence-electron chi connectivity index (χ0n) is 17.5. The number of nitrogens with one attached hydrogen (secondary N) is 1. The molecule has 1 aliphatic heterocycles. The van der Waals surface area contributed by atoms with Crippen LogP contribution in [-0.4, -0.2) is 41.6 Å². The molecule has 2 heterocycles. The highest BCUT2D eigenvalue weighted by Gasteiger charge is 2.36. The van der Waals surface area contributed by atoms with E-state index in [9.17, 15) is 31.1 Å². The van der Waals surface area contributed by atoms with Crippen molar-refractivity contribution in [3.8, 4) is 0 Å². The molecular formula is C21H24F6N4OS. The van der Waals surface area contributed by atoms with Crippen molar-refractivity contribution in [2.45, 2.75) is 42.6 Å². The van der Waals surface area contributed by atoms with E-state index in [4.69, 9.17) is 5.73 Å². The van der Waals surface area contributed by atoms with Crippen molar-refractivity contribution in [1.29, 1.82) is 0 Å². The second-order valence-electron chi connectivity index (χ2n) is 7.40. The maximum atomic E-state index is 12.1. The Kier molecular flexibility index (Phi) is 9.41. The lowest BCUT2D eigenvalue weighted by Gasteiger charge is -2.30. The molecule has 0 unspecified atom stereocenters. The van der Waals surface area contributed by atoms with Crippen molar-refractivity contribution in [2.75, 3.05) is 19.6 Å². The second-order valence-corrected chi connectivity index (χ2v) is 7.88. The molecule has 1 aliphatic rings. The smallest absolute Gasteiger partial charge is 0.338 e. The Morgan fingerprint density at radius 3 is 2.30 bits per heavy atom. The number of alkyl halides is 6. The number of aromatic nitrogens is 1. The molecule has 5 nitrogen and oxygen atoms in total. The van der Waals surface area contributed by atoms with Crippen LogP contribution < -0.4 is 11.1 Å². The average Bonchev–Trinajstić information content (AvgIpc) is 2.74. The minimum absolute atomic E-state index is 0.0193. The summed E-state index contributed by atoms with van der Waals surface area (Å²) in [7, 11) is 0. The minimum atomic E-state index is -4.69. The number of nitrogens with zero attached hydrogens (tertiary/aromatic N) is 2. The van der Waals surface area contributed by atoms with Crippen molar-refractivity contribution < 1.29 is 31.1 Å². The van der Waals surface area contributed by atoms with Crippen LogP contribution in [-0.2, 0) is 18.8 Å². The first-order chi connectivity index (χ1) is 15.4. The van der Waals surface area contributed by atoms with Gasteiger partial charge in [0.15, 0.2) is 0 Å². The molecule has 0 atom stereocenters. The van der Waals surface area contributed by atoms with Gasteiger partial charge >= 0.3 is 18.4 Å². The lowest BCUT2D eigenvalue weighted by Crippen LogP contribution is -2.47. The first-order valence-electron chi connectivity index (χ1n) is 10.0. The number of likely N-dealkylation sites (tertiary alicyclic amines) is 1. The number of benzene rings is 1. The SMILES string of the molecule is FC(F)(F)c1ccc(C(F)(F)F)c(S)c1.NC1CCN(C(=O)NCCc2cccnc2)CC1. The number of hydrogen-bond donors (Lipinski definition) is 3. The van der Waals surface area contributed by atoms with Crippen molar-refractivity contribution in [3.63, 3.8) is 0 Å². The van der Waals surface area contributed by atoms with Crippen molar-refractivity contribution in [3.05, 3.63) is 59.4 Å². The fourth-order valence-corrected chi connectivity index (χ4v) is 3.36. The molecular weight excluding hydrogens is 470 g/mol. The standard InChI is InChI=1S/C13H20N4O.C8H4F6S/c14-12-4-8-17(9-5-12)13(18)16-7-3-11-2-1-6-15-10-11;9-7(10,11)4-1-2-5(6(15)3-4)8(12,13)14/h1-2,6,10,12H,3-5,7-9,14H2,(H,16,18);1-3,15H. The number of amides is 2. The molecule has 33 heavy (non-hydrogen) atoms. The summed E-state index contributed by atoms with van der Waals surface area (Å²) in [6, 6.07) is 5.29. The fourth-order valence-electron chi connectivity index (χ4n) is 3.02. The molecule has 0 saturated carbocycles. The molecule has 0 aliphatic carbocycles. The summed E-state index contributed by atoms with van der Waals surface area (Å²) in [5.41, 5.74) is 4.61. The van der Waals surface area contributed by atoms with Gasteiger partial charge in [0.2, 0.25) is 0 Å². The van der Waals surface area contributed by atoms with E-state index in [0.29, 0.717) is 24.7 Å². The van der Waals surface area contributed by atoms with Crippen LogP contribution in [0, 0.1) is 0 Å². The molecule has 1 saturated heterocycles. The Hall–Kier alpha value is -2.47. The van der Waals surface area contributed by atoms with E-state index >= 15 is 0 Å². The monoisotopic (exact) mass is 494 g/mol. The fraction of sp³-hybridized carbons (Fsp3) is 0.429. The second kappa shape index (κ2) is 11.6. The first-order valence-corrected chi connectivity index (χ1v) is 10.5. The van der Waals surface area contributed by atoms with E-state index in [-0.39, 0.29) is 12.1 Å². The third kappa shape index (κ3) is 8.77. The summed E-state index contributed by atoms with van der Waals surface area (Å²) in [6.45, 7) is 2.17. The summed E-state index contributed by atoms with van der Waals surface area (Å²) in [4.78, 5) is 17.0. The van der Waals surface area contributed by atoms with Crippen molar-refractivity contribution >= 4 is 18.7 Å². The number of hydrogen-bond acceptors (Lipinski definition) is 4. The van der Waals surface area contributed by atoms with Gasteiger partial charge in [-0.15, -0.1) is 12.6 Å². The minimum Gasteiger partial charge on any atom is -0.338 e. The number of rotatable bonds is 3. The Bertz CT molecular complexity index is 900. The number of piperidine rings is 1. The van der Waals surface area contributed by atoms with E-state index in [2.05, 4.69) is 22.9 Å². The first kappa shape index (κ1) is 26.8. The lowest BCUT2D eigenvalue weighted by atomic mass is 10.1. The average molecular weight is 495 g/mol. The van der Waals surface area contributed by atoms with Crippen LogP contribution in [0.15, 0.2) is 47.6 Å². The molecule has 12 heteroatoms. The van der Waals surface area contributed by atoms with E-state index in [1.54, 1.807) is 6.20 Å². The van der Waals surface area contributed by atoms with Crippen LogP contribution in [0.3, 0.4) is 0 Å². The van der Waals surface area contributed by atoms with E-state index in [1.165, 1.54) is 0 Å². The van der Waals surface area contributed by atoms with E-state index in [1.807, 2.05) is 23.2 Å². The summed E-state index contributed by atoms with van der Waals surface area (Å²) in [6.07, 6.45) is -3.17. The summed E-state index contributed by atoms with van der Waals surface area (Å²) in [5.74, 6) is 0. The van der Waals surface area contributed by atoms with Gasteiger partial charge in [0.25, 0.3) is 0 Å². The quantitative estimate of drug-likeness (QED) is 0.425. The van der Waals surface area contributed by atoms with Crippen LogP contribution in [0.25, 0.3) is 0 Å². The number of pyridine rings is 1. The van der Waals surface area contributed by atoms with Gasteiger partial charge in [0.05, 0.1) is 11.1 Å². The molecule has 0 spiro atoms. The van der Waals surface area contributed by atoms with Gasteiger partial charge in [-0.05, 0) is 49.1 Å². The highest BCUT2D eigenvalue weighted by atomic mass is 32.1. The Balaban J connectivity index is 0.000000238. The highest BCUT2D eigenvalue weighted by molar-refractivity contribution is 7.80. The number of urea groups is 1. The summed E-state index contributed by atoms with van der Waals surface area (Å²) < 4.78 is 72.7. The molecule has 1 fully saturated rings. The summed E-state index contributed by atoms with van der Waals surface area (Å²) >= 11 is 3.37.